The fraction of sp³-hybridized carbons (Fsp3) is 1.00. The van der Waals surface area contributed by atoms with Gasteiger partial charge in [-0.2, -0.15) is 0 Å². The van der Waals surface area contributed by atoms with Crippen molar-refractivity contribution in [2.75, 3.05) is 6.79 Å². The second-order valence-corrected chi connectivity index (χ2v) is 2.60. The van der Waals surface area contributed by atoms with Gasteiger partial charge in [-0.3, -0.25) is 0 Å². The van der Waals surface area contributed by atoms with Crippen molar-refractivity contribution in [1.82, 2.24) is 0 Å². The van der Waals surface area contributed by atoms with E-state index in [0.717, 1.165) is 12.8 Å². The SMILES string of the molecule is OC1CCC2OCOC12. The largest absolute Gasteiger partial charge is 0.390 e. The third kappa shape index (κ3) is 0.764. The molecule has 0 aromatic rings. The van der Waals surface area contributed by atoms with E-state index in [4.69, 9.17) is 9.47 Å². The molecule has 52 valence electrons. The Bertz CT molecular complexity index is 115. The van der Waals surface area contributed by atoms with Gasteiger partial charge in [0.25, 0.3) is 0 Å². The summed E-state index contributed by atoms with van der Waals surface area (Å²) < 4.78 is 10.3. The molecule has 1 aliphatic carbocycles. The van der Waals surface area contributed by atoms with E-state index in [9.17, 15) is 5.11 Å². The Kier molecular flexibility index (Phi) is 1.22. The summed E-state index contributed by atoms with van der Waals surface area (Å²) in [4.78, 5) is 0. The van der Waals surface area contributed by atoms with E-state index in [-0.39, 0.29) is 18.3 Å². The molecular weight excluding hydrogens is 120 g/mol. The number of aliphatic hydroxyl groups excluding tert-OH is 1. The predicted molar refractivity (Wildman–Crippen MR) is 29.9 cm³/mol. The van der Waals surface area contributed by atoms with E-state index in [0.29, 0.717) is 6.79 Å². The molecule has 2 aliphatic rings. The molecule has 1 saturated heterocycles. The molecule has 0 radical (unpaired) electrons. The molecule has 0 spiro atoms. The third-order valence-electron chi connectivity index (χ3n) is 2.04. The van der Waals surface area contributed by atoms with Crippen molar-refractivity contribution >= 4 is 0 Å². The minimum atomic E-state index is -0.280. The fourth-order valence-electron chi connectivity index (χ4n) is 1.51. The van der Waals surface area contributed by atoms with Crippen molar-refractivity contribution in [2.45, 2.75) is 31.2 Å². The number of rotatable bonds is 0. The van der Waals surface area contributed by atoms with Gasteiger partial charge in [-0.15, -0.1) is 0 Å². The summed E-state index contributed by atoms with van der Waals surface area (Å²) in [5.74, 6) is 0. The molecule has 3 atom stereocenters. The monoisotopic (exact) mass is 130 g/mol. The van der Waals surface area contributed by atoms with Crippen LogP contribution in [0.15, 0.2) is 0 Å². The van der Waals surface area contributed by atoms with Gasteiger partial charge < -0.3 is 14.6 Å². The van der Waals surface area contributed by atoms with E-state index >= 15 is 0 Å². The molecule has 0 aromatic heterocycles. The highest BCUT2D eigenvalue weighted by Gasteiger charge is 2.40. The zero-order chi connectivity index (χ0) is 6.27. The smallest absolute Gasteiger partial charge is 0.147 e. The summed E-state index contributed by atoms with van der Waals surface area (Å²) in [7, 11) is 0. The van der Waals surface area contributed by atoms with Crippen LogP contribution in [0.1, 0.15) is 12.8 Å². The first-order valence-corrected chi connectivity index (χ1v) is 3.29. The number of aliphatic hydroxyl groups is 1. The maximum Gasteiger partial charge on any atom is 0.147 e. The molecule has 2 fully saturated rings. The highest BCUT2D eigenvalue weighted by molar-refractivity contribution is 4.88. The highest BCUT2D eigenvalue weighted by atomic mass is 16.7. The molecule has 1 N–H and O–H groups in total. The van der Waals surface area contributed by atoms with Crippen molar-refractivity contribution in [3.8, 4) is 0 Å². The molecular formula is C6H10O3. The quantitative estimate of drug-likeness (QED) is 0.497. The van der Waals surface area contributed by atoms with E-state index in [1.807, 2.05) is 0 Å². The molecule has 1 heterocycles. The second-order valence-electron chi connectivity index (χ2n) is 2.60. The van der Waals surface area contributed by atoms with Gasteiger partial charge in [0.2, 0.25) is 0 Å². The molecule has 9 heavy (non-hydrogen) atoms. The average Bonchev–Trinajstić information content (AvgIpc) is 2.35. The van der Waals surface area contributed by atoms with Crippen LogP contribution in [0.2, 0.25) is 0 Å². The first kappa shape index (κ1) is 5.65. The lowest BCUT2D eigenvalue weighted by Gasteiger charge is -2.08. The fourth-order valence-corrected chi connectivity index (χ4v) is 1.51. The molecule has 0 aromatic carbocycles. The molecule has 0 amide bonds. The van der Waals surface area contributed by atoms with Crippen LogP contribution in [-0.2, 0) is 9.47 Å². The summed E-state index contributed by atoms with van der Waals surface area (Å²) in [5.41, 5.74) is 0. The lowest BCUT2D eigenvalue weighted by Crippen LogP contribution is -2.25. The van der Waals surface area contributed by atoms with Crippen LogP contribution < -0.4 is 0 Å². The summed E-state index contributed by atoms with van der Waals surface area (Å²) in [6, 6.07) is 0. The van der Waals surface area contributed by atoms with Crippen molar-refractivity contribution in [1.29, 1.82) is 0 Å². The van der Waals surface area contributed by atoms with Gasteiger partial charge in [-0.1, -0.05) is 0 Å². The van der Waals surface area contributed by atoms with Gasteiger partial charge in [0, 0.05) is 0 Å². The van der Waals surface area contributed by atoms with Crippen LogP contribution in [0.25, 0.3) is 0 Å². The number of hydrogen-bond acceptors (Lipinski definition) is 3. The average molecular weight is 130 g/mol. The lowest BCUT2D eigenvalue weighted by molar-refractivity contribution is -0.0102. The highest BCUT2D eigenvalue weighted by Crippen LogP contribution is 2.29. The Morgan fingerprint density at radius 1 is 1.22 bits per heavy atom. The van der Waals surface area contributed by atoms with Crippen LogP contribution in [0, 0.1) is 0 Å². The number of fused-ring (bicyclic) bond motifs is 1. The Morgan fingerprint density at radius 2 is 2.11 bits per heavy atom. The number of ether oxygens (including phenoxy) is 2. The normalized spacial score (nSPS) is 49.7. The zero-order valence-electron chi connectivity index (χ0n) is 5.12. The minimum Gasteiger partial charge on any atom is -0.390 e. The summed E-state index contributed by atoms with van der Waals surface area (Å²) >= 11 is 0. The first-order valence-electron chi connectivity index (χ1n) is 3.29. The van der Waals surface area contributed by atoms with Crippen molar-refractivity contribution in [3.05, 3.63) is 0 Å². The first-order chi connectivity index (χ1) is 4.38. The van der Waals surface area contributed by atoms with Gasteiger partial charge in [0.15, 0.2) is 0 Å². The van der Waals surface area contributed by atoms with Crippen LogP contribution in [0.5, 0.6) is 0 Å². The molecule has 0 bridgehead atoms. The molecule has 1 saturated carbocycles. The van der Waals surface area contributed by atoms with E-state index in [1.165, 1.54) is 0 Å². The van der Waals surface area contributed by atoms with E-state index in [1.54, 1.807) is 0 Å². The van der Waals surface area contributed by atoms with Gasteiger partial charge in [0.05, 0.1) is 12.2 Å². The van der Waals surface area contributed by atoms with Crippen molar-refractivity contribution in [3.63, 3.8) is 0 Å². The Balaban J connectivity index is 2.07. The molecule has 3 nitrogen and oxygen atoms in total. The molecule has 1 aliphatic heterocycles. The van der Waals surface area contributed by atoms with E-state index < -0.39 is 0 Å². The van der Waals surface area contributed by atoms with E-state index in [2.05, 4.69) is 0 Å². The summed E-state index contributed by atoms with van der Waals surface area (Å²) in [6.45, 7) is 0.367. The molecule has 3 heteroatoms. The van der Waals surface area contributed by atoms with Crippen molar-refractivity contribution < 1.29 is 14.6 Å². The van der Waals surface area contributed by atoms with Crippen molar-refractivity contribution in [2.24, 2.45) is 0 Å². The standard InChI is InChI=1S/C6H10O3/c7-4-1-2-5-6(4)9-3-8-5/h4-7H,1-3H2. The maximum atomic E-state index is 9.19. The Morgan fingerprint density at radius 3 is 2.89 bits per heavy atom. The summed E-state index contributed by atoms with van der Waals surface area (Å²) in [5, 5.41) is 9.19. The van der Waals surface area contributed by atoms with Crippen LogP contribution in [0.3, 0.4) is 0 Å². The van der Waals surface area contributed by atoms with Crippen LogP contribution in [-0.4, -0.2) is 30.2 Å². The third-order valence-corrected chi connectivity index (χ3v) is 2.04. The Labute approximate surface area is 53.6 Å². The van der Waals surface area contributed by atoms with Gasteiger partial charge in [-0.25, -0.2) is 0 Å². The van der Waals surface area contributed by atoms with Gasteiger partial charge in [-0.05, 0) is 12.8 Å². The summed E-state index contributed by atoms with van der Waals surface area (Å²) in [6.07, 6.45) is 1.66. The second kappa shape index (κ2) is 1.94. The molecule has 2 rings (SSSR count). The predicted octanol–water partition coefficient (Wildman–Crippen LogP) is -0.117. The molecule has 3 unspecified atom stereocenters. The van der Waals surface area contributed by atoms with Crippen LogP contribution >= 0.6 is 0 Å². The minimum absolute atomic E-state index is 0.0231. The van der Waals surface area contributed by atoms with Crippen LogP contribution in [0.4, 0.5) is 0 Å². The van der Waals surface area contributed by atoms with Gasteiger partial charge in [0.1, 0.15) is 12.9 Å². The topological polar surface area (TPSA) is 38.7 Å². The zero-order valence-corrected chi connectivity index (χ0v) is 5.12. The lowest BCUT2D eigenvalue weighted by atomic mass is 10.2. The Hall–Kier alpha value is -0.120. The number of hydrogen-bond donors (Lipinski definition) is 1. The van der Waals surface area contributed by atoms with Gasteiger partial charge >= 0.3 is 0 Å². The maximum absolute atomic E-state index is 9.19.